The number of benzene rings is 4. The molecule has 43 heavy (non-hydrogen) atoms. The highest BCUT2D eigenvalue weighted by Gasteiger charge is 2.19. The van der Waals surface area contributed by atoms with Crippen molar-refractivity contribution in [1.82, 2.24) is 5.32 Å². The lowest BCUT2D eigenvalue weighted by atomic mass is 10.1. The number of carbonyl (C=O) groups is 3. The Morgan fingerprint density at radius 3 is 2.40 bits per heavy atom. The van der Waals surface area contributed by atoms with Gasteiger partial charge in [-0.25, -0.2) is 0 Å². The second-order valence-corrected chi connectivity index (χ2v) is 12.2. The first-order chi connectivity index (χ1) is 20.6. The monoisotopic (exact) mass is 677 g/mol. The minimum absolute atomic E-state index is 0.0740. The number of hydrogen-bond acceptors (Lipinski definition) is 5. The van der Waals surface area contributed by atoms with Crippen LogP contribution in [0.25, 0.3) is 6.08 Å². The van der Waals surface area contributed by atoms with Crippen LogP contribution in [0.1, 0.15) is 28.4 Å². The summed E-state index contributed by atoms with van der Waals surface area (Å²) < 4.78 is 6.20. The quantitative estimate of drug-likeness (QED) is 0.117. The van der Waals surface area contributed by atoms with Crippen LogP contribution < -0.4 is 20.7 Å². The summed E-state index contributed by atoms with van der Waals surface area (Å²) in [5.41, 5.74) is 3.08. The van der Waals surface area contributed by atoms with Crippen LogP contribution in [-0.2, 0) is 9.59 Å². The van der Waals surface area contributed by atoms with Crippen molar-refractivity contribution in [3.05, 3.63) is 123 Å². The van der Waals surface area contributed by atoms with Gasteiger partial charge in [0.15, 0.2) is 0 Å². The van der Waals surface area contributed by atoms with E-state index in [9.17, 15) is 14.4 Å². The number of aryl methyl sites for hydroxylation is 1. The molecular weight excluding hydrogens is 650 g/mol. The zero-order chi connectivity index (χ0) is 30.9. The number of amides is 3. The zero-order valence-corrected chi connectivity index (χ0v) is 26.8. The molecule has 220 valence electrons. The number of nitrogens with one attached hydrogen (secondary N) is 3. The Balaban J connectivity index is 1.48. The first-order valence-electron chi connectivity index (χ1n) is 13.2. The summed E-state index contributed by atoms with van der Waals surface area (Å²) in [7, 11) is 1.51. The molecule has 1 unspecified atom stereocenters. The largest absolute Gasteiger partial charge is 0.495 e. The Labute approximate surface area is 268 Å². The number of hydrogen-bond donors (Lipinski definition) is 3. The van der Waals surface area contributed by atoms with Crippen molar-refractivity contribution in [1.29, 1.82) is 0 Å². The number of carbonyl (C=O) groups excluding carboxylic acids is 3. The van der Waals surface area contributed by atoms with Gasteiger partial charge < -0.3 is 20.7 Å². The standard InChI is InChI=1S/C33H29BrClN3O4S/c1-20-15-28(30(42-3)19-27(20)35)37-31(39)21(2)43-26-14-8-13-25(18-26)36-33(41)29(17-22-9-7-12-24(34)16-22)38-32(40)23-10-5-4-6-11-23/h4-19,21H,1-3H3,(H,36,41)(H,37,39)(H,38,40)/b29-17+. The lowest BCUT2D eigenvalue weighted by Gasteiger charge is -2.16. The Kier molecular flexibility index (Phi) is 11.1. The van der Waals surface area contributed by atoms with Crippen LogP contribution in [0.4, 0.5) is 11.4 Å². The first kappa shape index (κ1) is 31.9. The van der Waals surface area contributed by atoms with Crippen LogP contribution in [0.2, 0.25) is 5.02 Å². The summed E-state index contributed by atoms with van der Waals surface area (Å²) in [5.74, 6) is -0.657. The highest BCUT2D eigenvalue weighted by molar-refractivity contribution is 9.10. The maximum Gasteiger partial charge on any atom is 0.272 e. The van der Waals surface area contributed by atoms with E-state index in [1.165, 1.54) is 18.9 Å². The third kappa shape index (κ3) is 8.97. The molecule has 0 aliphatic rings. The smallest absolute Gasteiger partial charge is 0.272 e. The molecule has 0 aliphatic carbocycles. The summed E-state index contributed by atoms with van der Waals surface area (Å²) in [4.78, 5) is 40.1. The van der Waals surface area contributed by atoms with E-state index < -0.39 is 17.1 Å². The summed E-state index contributed by atoms with van der Waals surface area (Å²) >= 11 is 11.0. The van der Waals surface area contributed by atoms with E-state index in [4.69, 9.17) is 16.3 Å². The van der Waals surface area contributed by atoms with Gasteiger partial charge in [-0.05, 0) is 79.6 Å². The fraction of sp³-hybridized carbons (Fsp3) is 0.121. The molecule has 1 atom stereocenters. The van der Waals surface area contributed by atoms with Crippen molar-refractivity contribution in [3.8, 4) is 5.75 Å². The van der Waals surface area contributed by atoms with Crippen LogP contribution >= 0.6 is 39.3 Å². The van der Waals surface area contributed by atoms with Gasteiger partial charge in [0.1, 0.15) is 11.4 Å². The van der Waals surface area contributed by atoms with Gasteiger partial charge in [-0.15, -0.1) is 11.8 Å². The molecule has 0 aromatic heterocycles. The Hall–Kier alpha value is -4.05. The Morgan fingerprint density at radius 1 is 0.930 bits per heavy atom. The minimum Gasteiger partial charge on any atom is -0.495 e. The topological polar surface area (TPSA) is 96.5 Å². The molecule has 7 nitrogen and oxygen atoms in total. The van der Waals surface area contributed by atoms with Crippen LogP contribution in [-0.4, -0.2) is 30.1 Å². The SMILES string of the molecule is COc1cc(Cl)c(C)cc1NC(=O)C(C)Sc1cccc(NC(=O)/C(=C\c2cccc(Br)c2)NC(=O)c2ccccc2)c1. The van der Waals surface area contributed by atoms with Crippen LogP contribution in [0.15, 0.2) is 106 Å². The first-order valence-corrected chi connectivity index (χ1v) is 15.2. The Bertz CT molecular complexity index is 1680. The maximum atomic E-state index is 13.4. The minimum atomic E-state index is -0.498. The van der Waals surface area contributed by atoms with Gasteiger partial charge in [0, 0.05) is 31.7 Å². The van der Waals surface area contributed by atoms with Crippen molar-refractivity contribution in [3.63, 3.8) is 0 Å². The van der Waals surface area contributed by atoms with Gasteiger partial charge in [-0.3, -0.25) is 14.4 Å². The molecule has 0 bridgehead atoms. The third-order valence-corrected chi connectivity index (χ3v) is 8.20. The molecule has 3 amide bonds. The molecule has 0 radical (unpaired) electrons. The predicted molar refractivity (Wildman–Crippen MR) is 178 cm³/mol. The summed E-state index contributed by atoms with van der Waals surface area (Å²) in [6.07, 6.45) is 1.61. The second-order valence-electron chi connectivity index (χ2n) is 9.47. The van der Waals surface area contributed by atoms with Gasteiger partial charge in [0.25, 0.3) is 11.8 Å². The molecule has 0 saturated carbocycles. The molecule has 4 aromatic carbocycles. The molecule has 4 aromatic rings. The average Bonchev–Trinajstić information content (AvgIpc) is 2.99. The van der Waals surface area contributed by atoms with Crippen molar-refractivity contribution in [2.75, 3.05) is 17.7 Å². The van der Waals surface area contributed by atoms with E-state index in [1.54, 1.807) is 67.6 Å². The molecule has 0 fully saturated rings. The van der Waals surface area contributed by atoms with Crippen LogP contribution in [0.3, 0.4) is 0 Å². The molecule has 0 spiro atoms. The number of rotatable bonds is 10. The van der Waals surface area contributed by atoms with Gasteiger partial charge in [0.2, 0.25) is 5.91 Å². The average molecular weight is 679 g/mol. The molecule has 0 aliphatic heterocycles. The van der Waals surface area contributed by atoms with Crippen molar-refractivity contribution < 1.29 is 19.1 Å². The van der Waals surface area contributed by atoms with E-state index in [0.29, 0.717) is 27.7 Å². The van der Waals surface area contributed by atoms with Crippen molar-refractivity contribution in [2.45, 2.75) is 24.0 Å². The third-order valence-electron chi connectivity index (χ3n) is 6.20. The van der Waals surface area contributed by atoms with Gasteiger partial charge in [-0.2, -0.15) is 0 Å². The van der Waals surface area contributed by atoms with E-state index in [0.717, 1.165) is 20.5 Å². The lowest BCUT2D eigenvalue weighted by Crippen LogP contribution is -2.30. The summed E-state index contributed by atoms with van der Waals surface area (Å²) in [6, 6.07) is 26.6. The van der Waals surface area contributed by atoms with Crippen molar-refractivity contribution in [2.24, 2.45) is 0 Å². The lowest BCUT2D eigenvalue weighted by molar-refractivity contribution is -0.115. The number of anilines is 2. The van der Waals surface area contributed by atoms with Gasteiger partial charge in [0.05, 0.1) is 18.0 Å². The van der Waals surface area contributed by atoms with Crippen LogP contribution in [0.5, 0.6) is 5.75 Å². The molecule has 0 saturated heterocycles. The summed E-state index contributed by atoms with van der Waals surface area (Å²) in [5, 5.41) is 8.59. The van der Waals surface area contributed by atoms with Crippen LogP contribution in [0, 0.1) is 6.92 Å². The zero-order valence-electron chi connectivity index (χ0n) is 23.6. The number of halogens is 2. The number of ether oxygens (including phenoxy) is 1. The normalized spacial score (nSPS) is 11.8. The van der Waals surface area contributed by atoms with Gasteiger partial charge in [-0.1, -0.05) is 63.9 Å². The van der Waals surface area contributed by atoms with E-state index in [-0.39, 0.29) is 11.6 Å². The molecule has 4 rings (SSSR count). The number of methoxy groups -OCH3 is 1. The molecule has 3 N–H and O–H groups in total. The van der Waals surface area contributed by atoms with E-state index in [2.05, 4.69) is 31.9 Å². The fourth-order valence-electron chi connectivity index (χ4n) is 3.97. The maximum absolute atomic E-state index is 13.4. The van der Waals surface area contributed by atoms with E-state index >= 15 is 0 Å². The highest BCUT2D eigenvalue weighted by Crippen LogP contribution is 2.32. The van der Waals surface area contributed by atoms with Gasteiger partial charge >= 0.3 is 0 Å². The number of thioether (sulfide) groups is 1. The highest BCUT2D eigenvalue weighted by atomic mass is 79.9. The fourth-order valence-corrected chi connectivity index (χ4v) is 5.47. The van der Waals surface area contributed by atoms with E-state index in [1.807, 2.05) is 43.3 Å². The molecule has 10 heteroatoms. The van der Waals surface area contributed by atoms with Crippen molar-refractivity contribution >= 4 is 74.5 Å². The second kappa shape index (κ2) is 14.9. The molecule has 0 heterocycles. The predicted octanol–water partition coefficient (Wildman–Crippen LogP) is 7.95. The molecular formula is C33H29BrClN3O4S. The Morgan fingerprint density at radius 2 is 1.67 bits per heavy atom. The summed E-state index contributed by atoms with van der Waals surface area (Å²) in [6.45, 7) is 3.64.